The van der Waals surface area contributed by atoms with E-state index in [1.807, 2.05) is 12.4 Å². The van der Waals surface area contributed by atoms with Crippen LogP contribution in [0.2, 0.25) is 13.1 Å². The Morgan fingerprint density at radius 2 is 1.93 bits per heavy atom. The third kappa shape index (κ3) is 4.42. The van der Waals surface area contributed by atoms with E-state index in [0.29, 0.717) is 12.4 Å². The van der Waals surface area contributed by atoms with Crippen LogP contribution in [0.15, 0.2) is 30.7 Å². The number of carbonyl (C=O) groups excluding carboxylic acids is 1. The van der Waals surface area contributed by atoms with Gasteiger partial charge in [0, 0.05) is 36.3 Å². The van der Waals surface area contributed by atoms with Gasteiger partial charge in [0.2, 0.25) is 9.04 Å². The lowest BCUT2D eigenvalue weighted by Crippen LogP contribution is -2.40. The normalized spacial score (nSPS) is 15.4. The van der Waals surface area contributed by atoms with Gasteiger partial charge in [-0.25, -0.2) is 9.78 Å². The number of amides is 2. The molecule has 6 nitrogen and oxygen atoms in total. The number of carbonyl (C=O) groups is 1. The number of fused-ring (bicyclic) bond motifs is 1. The average molecular weight is 398 g/mol. The van der Waals surface area contributed by atoms with Crippen LogP contribution in [0.3, 0.4) is 0 Å². The van der Waals surface area contributed by atoms with Crippen molar-refractivity contribution in [1.29, 1.82) is 0 Å². The molecule has 0 saturated heterocycles. The molecule has 2 aromatic rings. The maximum Gasteiger partial charge on any atom is 0.320 e. The van der Waals surface area contributed by atoms with Gasteiger partial charge in [-0.15, -0.1) is 0 Å². The Morgan fingerprint density at radius 1 is 1.21 bits per heavy atom. The van der Waals surface area contributed by atoms with Crippen molar-refractivity contribution in [1.82, 2.24) is 9.97 Å². The molecule has 3 heterocycles. The van der Waals surface area contributed by atoms with Gasteiger partial charge in [-0.3, -0.25) is 9.88 Å². The zero-order valence-corrected chi connectivity index (χ0v) is 18.3. The number of pyridine rings is 2. The van der Waals surface area contributed by atoms with Gasteiger partial charge in [0.05, 0.1) is 6.10 Å². The van der Waals surface area contributed by atoms with Crippen molar-refractivity contribution in [3.8, 4) is 11.1 Å². The zero-order chi connectivity index (χ0) is 20.5. The van der Waals surface area contributed by atoms with Crippen LogP contribution in [-0.2, 0) is 10.8 Å². The van der Waals surface area contributed by atoms with Crippen molar-refractivity contribution in [2.24, 2.45) is 11.1 Å². The first-order chi connectivity index (χ1) is 13.2. The lowest BCUT2D eigenvalue weighted by atomic mass is 9.85. The Balaban J connectivity index is 1.97. The number of hydrogen-bond donors (Lipinski definition) is 1. The van der Waals surface area contributed by atoms with Crippen molar-refractivity contribution >= 4 is 20.9 Å². The van der Waals surface area contributed by atoms with Crippen molar-refractivity contribution in [3.63, 3.8) is 0 Å². The third-order valence-electron chi connectivity index (χ3n) is 4.83. The van der Waals surface area contributed by atoms with Gasteiger partial charge in [-0.1, -0.05) is 20.8 Å². The minimum atomic E-state index is -0.855. The molecule has 0 fully saturated rings. The van der Waals surface area contributed by atoms with Crippen LogP contribution in [0.25, 0.3) is 11.1 Å². The Labute approximate surface area is 168 Å². The molecular weight excluding hydrogens is 368 g/mol. The van der Waals surface area contributed by atoms with E-state index in [9.17, 15) is 4.79 Å². The van der Waals surface area contributed by atoms with Gasteiger partial charge < -0.3 is 10.2 Å². The van der Waals surface area contributed by atoms with Gasteiger partial charge >= 0.3 is 6.03 Å². The quantitative estimate of drug-likeness (QED) is 0.779. The average Bonchev–Trinajstić information content (AvgIpc) is 2.64. The SMILES string of the molecule is C[Si](C)OC(c1cncc(-c2cnc3c(c2)CCCN3C(N)=O)c1)C(C)(C)C. The summed E-state index contributed by atoms with van der Waals surface area (Å²) in [5, 5.41) is 0. The lowest BCUT2D eigenvalue weighted by Gasteiger charge is -2.32. The van der Waals surface area contributed by atoms with Crippen LogP contribution < -0.4 is 10.6 Å². The summed E-state index contributed by atoms with van der Waals surface area (Å²) in [5.41, 5.74) is 9.58. The molecule has 0 bridgehead atoms. The zero-order valence-electron chi connectivity index (χ0n) is 17.3. The maximum atomic E-state index is 11.7. The van der Waals surface area contributed by atoms with Crippen molar-refractivity contribution in [2.75, 3.05) is 11.4 Å². The van der Waals surface area contributed by atoms with Crippen LogP contribution in [0.4, 0.5) is 10.6 Å². The summed E-state index contributed by atoms with van der Waals surface area (Å²) in [5.74, 6) is 0.673. The summed E-state index contributed by atoms with van der Waals surface area (Å²) in [4.78, 5) is 22.2. The minimum Gasteiger partial charge on any atom is -0.410 e. The Kier molecular flexibility index (Phi) is 5.86. The van der Waals surface area contributed by atoms with E-state index in [-0.39, 0.29) is 11.5 Å². The molecule has 28 heavy (non-hydrogen) atoms. The molecule has 2 N–H and O–H groups in total. The van der Waals surface area contributed by atoms with Gasteiger partial charge in [0.1, 0.15) is 5.82 Å². The molecule has 0 saturated carbocycles. The molecule has 1 aliphatic rings. The van der Waals surface area contributed by atoms with E-state index in [4.69, 9.17) is 10.2 Å². The highest BCUT2D eigenvalue weighted by atomic mass is 28.3. The van der Waals surface area contributed by atoms with Crippen molar-refractivity contribution in [3.05, 3.63) is 41.9 Å². The molecule has 0 aromatic carbocycles. The van der Waals surface area contributed by atoms with Gasteiger partial charge in [-0.05, 0) is 54.6 Å². The fourth-order valence-electron chi connectivity index (χ4n) is 3.58. The molecule has 149 valence electrons. The number of nitrogens with two attached hydrogens (primary N) is 1. The number of primary amides is 1. The van der Waals surface area contributed by atoms with E-state index in [1.165, 1.54) is 0 Å². The lowest BCUT2D eigenvalue weighted by molar-refractivity contribution is 0.0863. The van der Waals surface area contributed by atoms with Crippen molar-refractivity contribution < 1.29 is 9.22 Å². The largest absolute Gasteiger partial charge is 0.410 e. The van der Waals surface area contributed by atoms with E-state index in [1.54, 1.807) is 11.1 Å². The van der Waals surface area contributed by atoms with E-state index in [2.05, 4.69) is 56.0 Å². The number of nitrogens with zero attached hydrogens (tertiary/aromatic N) is 3. The number of urea groups is 1. The summed E-state index contributed by atoms with van der Waals surface area (Å²) in [6, 6.07) is 3.79. The van der Waals surface area contributed by atoms with E-state index < -0.39 is 15.1 Å². The minimum absolute atomic E-state index is 0.0141. The number of aromatic nitrogens is 2. The summed E-state index contributed by atoms with van der Waals surface area (Å²) in [6.45, 7) is 11.5. The second-order valence-corrected chi connectivity index (χ2v) is 10.6. The topological polar surface area (TPSA) is 81.3 Å². The molecule has 2 amide bonds. The monoisotopic (exact) mass is 397 g/mol. The first-order valence-corrected chi connectivity index (χ1v) is 12.1. The molecule has 1 unspecified atom stereocenters. The molecule has 0 spiro atoms. The van der Waals surface area contributed by atoms with Gasteiger partial charge in [0.25, 0.3) is 0 Å². The second-order valence-electron chi connectivity index (χ2n) is 8.58. The van der Waals surface area contributed by atoms with Crippen molar-refractivity contribution in [2.45, 2.75) is 52.8 Å². The summed E-state index contributed by atoms with van der Waals surface area (Å²) in [6.07, 6.45) is 7.30. The molecule has 2 aromatic heterocycles. The number of rotatable bonds is 4. The highest BCUT2D eigenvalue weighted by Crippen LogP contribution is 2.38. The van der Waals surface area contributed by atoms with Gasteiger partial charge in [-0.2, -0.15) is 0 Å². The Bertz CT molecular complexity index is 864. The molecule has 1 atom stereocenters. The number of aryl methyl sites for hydroxylation is 1. The van der Waals surface area contributed by atoms with Crippen LogP contribution in [-0.4, -0.2) is 31.6 Å². The summed E-state index contributed by atoms with van der Waals surface area (Å²) >= 11 is 0. The third-order valence-corrected chi connectivity index (χ3v) is 5.54. The molecule has 1 radical (unpaired) electrons. The highest BCUT2D eigenvalue weighted by molar-refractivity contribution is 6.48. The van der Waals surface area contributed by atoms with Crippen LogP contribution in [0.5, 0.6) is 0 Å². The molecular formula is C21H29N4O2Si. The van der Waals surface area contributed by atoms with Crippen LogP contribution >= 0.6 is 0 Å². The van der Waals surface area contributed by atoms with Crippen LogP contribution in [0.1, 0.15) is 44.4 Å². The standard InChI is InChI=1S/C21H29N4O2Si/c1-21(2,3)18(27-28(4)5)17-10-15(11-23-12-17)16-9-14-7-6-8-25(20(22)26)19(14)24-13-16/h9-13,18H,6-8H2,1-5H3,(H2,22,26). The summed E-state index contributed by atoms with van der Waals surface area (Å²) < 4.78 is 6.31. The first-order valence-electron chi connectivity index (χ1n) is 9.65. The predicted molar refractivity (Wildman–Crippen MR) is 113 cm³/mol. The molecule has 0 aliphatic carbocycles. The summed E-state index contributed by atoms with van der Waals surface area (Å²) in [7, 11) is -0.855. The molecule has 3 rings (SSSR count). The van der Waals surface area contributed by atoms with E-state index in [0.717, 1.165) is 35.1 Å². The first kappa shape index (κ1) is 20.5. The maximum absolute atomic E-state index is 11.7. The highest BCUT2D eigenvalue weighted by Gasteiger charge is 2.29. The second kappa shape index (κ2) is 8.01. The van der Waals surface area contributed by atoms with E-state index >= 15 is 0 Å². The number of anilines is 1. The Morgan fingerprint density at radius 3 is 2.57 bits per heavy atom. The van der Waals surface area contributed by atoms with Gasteiger partial charge in [0.15, 0.2) is 0 Å². The smallest absolute Gasteiger partial charge is 0.320 e. The molecule has 1 aliphatic heterocycles. The Hall–Kier alpha value is -2.25. The predicted octanol–water partition coefficient (Wildman–Crippen LogP) is 4.33. The number of hydrogen-bond acceptors (Lipinski definition) is 4. The fourth-order valence-corrected chi connectivity index (χ4v) is 4.54. The van der Waals surface area contributed by atoms with Crippen LogP contribution in [0, 0.1) is 5.41 Å². The molecule has 7 heteroatoms. The fraction of sp³-hybridized carbons (Fsp3) is 0.476.